The van der Waals surface area contributed by atoms with Gasteiger partial charge in [0.25, 0.3) is 11.7 Å². The maximum absolute atomic E-state index is 13.3. The van der Waals surface area contributed by atoms with Crippen molar-refractivity contribution < 1.29 is 24.2 Å². The number of fused-ring (bicyclic) bond motifs is 1. The molecule has 1 saturated heterocycles. The van der Waals surface area contributed by atoms with E-state index in [-0.39, 0.29) is 24.0 Å². The van der Waals surface area contributed by atoms with Gasteiger partial charge in [0.05, 0.1) is 18.2 Å². The van der Waals surface area contributed by atoms with E-state index in [1.807, 2.05) is 74.5 Å². The number of amides is 1. The van der Waals surface area contributed by atoms with Crippen molar-refractivity contribution in [1.82, 2.24) is 4.90 Å². The summed E-state index contributed by atoms with van der Waals surface area (Å²) in [4.78, 5) is 28.1. The van der Waals surface area contributed by atoms with Crippen LogP contribution in [0.5, 0.6) is 11.5 Å². The van der Waals surface area contributed by atoms with Crippen LogP contribution in [0.15, 0.2) is 78.4 Å². The number of benzene rings is 3. The van der Waals surface area contributed by atoms with Crippen LogP contribution in [0, 0.1) is 0 Å². The highest BCUT2D eigenvalue weighted by atomic mass is 16.5. The summed E-state index contributed by atoms with van der Waals surface area (Å²) in [7, 11) is 0. The van der Waals surface area contributed by atoms with Crippen molar-refractivity contribution in [2.45, 2.75) is 39.0 Å². The van der Waals surface area contributed by atoms with E-state index in [0.29, 0.717) is 17.9 Å². The van der Waals surface area contributed by atoms with Crippen LogP contribution in [0.1, 0.15) is 42.1 Å². The first-order valence-corrected chi connectivity index (χ1v) is 11.8. The monoisotopic (exact) mass is 469 g/mol. The highest BCUT2D eigenvalue weighted by Gasteiger charge is 2.46. The lowest BCUT2D eigenvalue weighted by Crippen LogP contribution is -2.29. The van der Waals surface area contributed by atoms with Gasteiger partial charge in [0.1, 0.15) is 23.4 Å². The quantitative estimate of drug-likeness (QED) is 0.311. The SMILES string of the molecule is CCOc1ccc([C@H]2C(=C(O)c3ccc4c(c3)C[C@H](C)O4)C(=O)C(=O)N2Cc2ccccc2)cc1. The molecule has 6 nitrogen and oxygen atoms in total. The van der Waals surface area contributed by atoms with Crippen LogP contribution in [-0.4, -0.2) is 34.4 Å². The molecule has 2 atom stereocenters. The Morgan fingerprint density at radius 1 is 1.06 bits per heavy atom. The lowest BCUT2D eigenvalue weighted by Gasteiger charge is -2.25. The number of hydrogen-bond donors (Lipinski definition) is 1. The van der Waals surface area contributed by atoms with Gasteiger partial charge in [-0.2, -0.15) is 0 Å². The molecule has 3 aromatic carbocycles. The largest absolute Gasteiger partial charge is 0.507 e. The number of Topliss-reactive ketones (excluding diaryl/α,β-unsaturated/α-hetero) is 1. The number of aliphatic hydroxyl groups excluding tert-OH is 1. The van der Waals surface area contributed by atoms with Gasteiger partial charge in [0, 0.05) is 18.5 Å². The number of carbonyl (C=O) groups is 2. The van der Waals surface area contributed by atoms with Crippen molar-refractivity contribution in [1.29, 1.82) is 0 Å². The zero-order valence-corrected chi connectivity index (χ0v) is 19.7. The van der Waals surface area contributed by atoms with Gasteiger partial charge in [0.15, 0.2) is 0 Å². The van der Waals surface area contributed by atoms with Gasteiger partial charge in [-0.15, -0.1) is 0 Å². The number of ether oxygens (including phenoxy) is 2. The van der Waals surface area contributed by atoms with E-state index in [1.54, 1.807) is 12.1 Å². The molecule has 2 aliphatic rings. The number of likely N-dealkylation sites (tertiary alicyclic amines) is 1. The molecule has 1 fully saturated rings. The third-order valence-electron chi connectivity index (χ3n) is 6.41. The minimum Gasteiger partial charge on any atom is -0.507 e. The maximum Gasteiger partial charge on any atom is 0.295 e. The molecule has 0 aliphatic carbocycles. The second kappa shape index (κ2) is 9.29. The van der Waals surface area contributed by atoms with Crippen molar-refractivity contribution in [2.24, 2.45) is 0 Å². The Bertz CT molecular complexity index is 1300. The number of ketones is 1. The van der Waals surface area contributed by atoms with Crippen LogP contribution in [-0.2, 0) is 22.6 Å². The first-order valence-electron chi connectivity index (χ1n) is 11.8. The highest BCUT2D eigenvalue weighted by Crippen LogP contribution is 2.41. The fourth-order valence-corrected chi connectivity index (χ4v) is 4.81. The average molecular weight is 470 g/mol. The summed E-state index contributed by atoms with van der Waals surface area (Å²) in [6, 6.07) is 21.5. The Hall–Kier alpha value is -4.06. The number of carbonyl (C=O) groups excluding carboxylic acids is 2. The van der Waals surface area contributed by atoms with E-state index in [1.165, 1.54) is 4.90 Å². The Morgan fingerprint density at radius 2 is 1.80 bits per heavy atom. The van der Waals surface area contributed by atoms with Crippen molar-refractivity contribution in [3.8, 4) is 11.5 Å². The molecule has 0 radical (unpaired) electrons. The predicted octanol–water partition coefficient (Wildman–Crippen LogP) is 5.03. The summed E-state index contributed by atoms with van der Waals surface area (Å²) in [5.41, 5.74) is 3.17. The number of hydrogen-bond acceptors (Lipinski definition) is 5. The van der Waals surface area contributed by atoms with Gasteiger partial charge in [-0.1, -0.05) is 42.5 Å². The molecule has 35 heavy (non-hydrogen) atoms. The Balaban J connectivity index is 1.60. The van der Waals surface area contributed by atoms with Crippen LogP contribution in [0.2, 0.25) is 0 Å². The molecule has 0 unspecified atom stereocenters. The van der Waals surface area contributed by atoms with Crippen molar-refractivity contribution >= 4 is 17.4 Å². The predicted molar refractivity (Wildman–Crippen MR) is 132 cm³/mol. The van der Waals surface area contributed by atoms with Gasteiger partial charge < -0.3 is 19.5 Å². The number of nitrogens with zero attached hydrogens (tertiary/aromatic N) is 1. The summed E-state index contributed by atoms with van der Waals surface area (Å²) >= 11 is 0. The Morgan fingerprint density at radius 3 is 2.51 bits per heavy atom. The molecule has 0 saturated carbocycles. The zero-order valence-electron chi connectivity index (χ0n) is 19.7. The minimum atomic E-state index is -0.727. The summed E-state index contributed by atoms with van der Waals surface area (Å²) in [6.07, 6.45) is 0.781. The van der Waals surface area contributed by atoms with E-state index in [4.69, 9.17) is 9.47 Å². The average Bonchev–Trinajstić information content (AvgIpc) is 3.36. The molecule has 0 aromatic heterocycles. The van der Waals surface area contributed by atoms with Crippen LogP contribution < -0.4 is 9.47 Å². The van der Waals surface area contributed by atoms with E-state index >= 15 is 0 Å². The van der Waals surface area contributed by atoms with Gasteiger partial charge >= 0.3 is 0 Å². The van der Waals surface area contributed by atoms with Crippen LogP contribution in [0.3, 0.4) is 0 Å². The molecule has 1 N–H and O–H groups in total. The molecule has 0 spiro atoms. The first kappa shape index (κ1) is 22.7. The number of aliphatic hydroxyl groups is 1. The second-order valence-corrected chi connectivity index (χ2v) is 8.87. The summed E-state index contributed by atoms with van der Waals surface area (Å²) in [6.45, 7) is 4.67. The molecule has 2 heterocycles. The normalized spacial score (nSPS) is 20.6. The van der Waals surface area contributed by atoms with Crippen LogP contribution >= 0.6 is 0 Å². The summed E-state index contributed by atoms with van der Waals surface area (Å²) < 4.78 is 11.3. The summed E-state index contributed by atoms with van der Waals surface area (Å²) in [5.74, 6) is -0.0272. The first-order chi connectivity index (χ1) is 17.0. The fourth-order valence-electron chi connectivity index (χ4n) is 4.81. The van der Waals surface area contributed by atoms with Gasteiger partial charge in [0.2, 0.25) is 0 Å². The van der Waals surface area contributed by atoms with E-state index < -0.39 is 17.7 Å². The third kappa shape index (κ3) is 4.28. The Labute approximate surface area is 204 Å². The summed E-state index contributed by atoms with van der Waals surface area (Å²) in [5, 5.41) is 11.4. The van der Waals surface area contributed by atoms with Crippen molar-refractivity contribution in [2.75, 3.05) is 6.61 Å². The molecular weight excluding hydrogens is 442 g/mol. The van der Waals surface area contributed by atoms with Crippen molar-refractivity contribution in [3.63, 3.8) is 0 Å². The molecular formula is C29H27NO5. The highest BCUT2D eigenvalue weighted by molar-refractivity contribution is 6.46. The maximum atomic E-state index is 13.3. The third-order valence-corrected chi connectivity index (χ3v) is 6.41. The minimum absolute atomic E-state index is 0.0581. The lowest BCUT2D eigenvalue weighted by molar-refractivity contribution is -0.140. The molecule has 3 aromatic rings. The van der Waals surface area contributed by atoms with Crippen LogP contribution in [0.4, 0.5) is 0 Å². The van der Waals surface area contributed by atoms with Gasteiger partial charge in [-0.25, -0.2) is 0 Å². The topological polar surface area (TPSA) is 76.1 Å². The molecule has 178 valence electrons. The lowest BCUT2D eigenvalue weighted by atomic mass is 9.94. The Kier molecular flexibility index (Phi) is 6.03. The number of rotatable bonds is 6. The molecule has 5 rings (SSSR count). The molecule has 2 aliphatic heterocycles. The van der Waals surface area contributed by atoms with E-state index in [9.17, 15) is 14.7 Å². The van der Waals surface area contributed by atoms with Crippen molar-refractivity contribution in [3.05, 3.63) is 101 Å². The standard InChI is InChI=1S/C29H27NO5/c1-3-34-23-12-9-20(10-13-23)26-25(27(31)21-11-14-24-22(16-21)15-18(2)35-24)28(32)29(33)30(26)17-19-7-5-4-6-8-19/h4-14,16,18,26,31H,3,15,17H2,1-2H3/t18-,26-/m0/s1. The van der Waals surface area contributed by atoms with Gasteiger partial charge in [-0.05, 0) is 60.9 Å². The molecule has 1 amide bonds. The molecule has 0 bridgehead atoms. The van der Waals surface area contributed by atoms with E-state index in [2.05, 4.69) is 0 Å². The smallest absolute Gasteiger partial charge is 0.295 e. The van der Waals surface area contributed by atoms with Gasteiger partial charge in [-0.3, -0.25) is 9.59 Å². The zero-order chi connectivity index (χ0) is 24.5. The fraction of sp³-hybridized carbons (Fsp3) is 0.241. The van der Waals surface area contributed by atoms with Crippen LogP contribution in [0.25, 0.3) is 5.76 Å². The molecule has 6 heteroatoms. The second-order valence-electron chi connectivity index (χ2n) is 8.87. The van der Waals surface area contributed by atoms with E-state index in [0.717, 1.165) is 28.9 Å².